The summed E-state index contributed by atoms with van der Waals surface area (Å²) < 4.78 is 7.61. The first-order valence-electron chi connectivity index (χ1n) is 17.2. The average molecular weight is 683 g/mol. The maximum absolute atomic E-state index is 6.51. The molecular weight excluding hydrogens is 657 g/mol. The lowest BCUT2D eigenvalue weighted by molar-refractivity contribution is 0.669. The molecular formula is C46H26N4OS. The summed E-state index contributed by atoms with van der Waals surface area (Å²) in [6.45, 7) is 0. The Bertz CT molecular complexity index is 3200. The fourth-order valence-electron chi connectivity index (χ4n) is 7.45. The Morgan fingerprint density at radius 1 is 0.404 bits per heavy atom. The Morgan fingerprint density at radius 2 is 1.12 bits per heavy atom. The smallest absolute Gasteiger partial charge is 0.164 e. The van der Waals surface area contributed by atoms with Gasteiger partial charge >= 0.3 is 0 Å². The number of fused-ring (bicyclic) bond motifs is 8. The largest absolute Gasteiger partial charge is 0.456 e. The van der Waals surface area contributed by atoms with Gasteiger partial charge in [-0.15, -0.1) is 11.3 Å². The van der Waals surface area contributed by atoms with Crippen LogP contribution in [0.15, 0.2) is 162 Å². The lowest BCUT2D eigenvalue weighted by atomic mass is 9.96. The van der Waals surface area contributed by atoms with E-state index in [1.54, 1.807) is 11.3 Å². The predicted molar refractivity (Wildman–Crippen MR) is 215 cm³/mol. The second kappa shape index (κ2) is 11.4. The minimum atomic E-state index is 0.591. The molecule has 0 atom stereocenters. The van der Waals surface area contributed by atoms with Crippen molar-refractivity contribution in [3.63, 3.8) is 0 Å². The third-order valence-electron chi connectivity index (χ3n) is 9.92. The highest BCUT2D eigenvalue weighted by Crippen LogP contribution is 2.41. The summed E-state index contributed by atoms with van der Waals surface area (Å²) in [6, 6.07) is 54.6. The molecule has 0 aliphatic carbocycles. The summed E-state index contributed by atoms with van der Waals surface area (Å²) >= 11 is 1.69. The summed E-state index contributed by atoms with van der Waals surface area (Å²) in [7, 11) is 0. The molecule has 242 valence electrons. The van der Waals surface area contributed by atoms with Gasteiger partial charge in [0.05, 0.1) is 10.2 Å². The van der Waals surface area contributed by atoms with Gasteiger partial charge in [-0.3, -0.25) is 0 Å². The minimum Gasteiger partial charge on any atom is -0.456 e. The normalized spacial score (nSPS) is 11.8. The van der Waals surface area contributed by atoms with Crippen LogP contribution in [0.2, 0.25) is 0 Å². The summed E-state index contributed by atoms with van der Waals surface area (Å²) in [5.74, 6) is 1.83. The molecule has 3 aromatic heterocycles. The molecule has 0 bridgehead atoms. The molecule has 52 heavy (non-hydrogen) atoms. The Balaban J connectivity index is 1.18. The van der Waals surface area contributed by atoms with E-state index in [0.29, 0.717) is 17.5 Å². The maximum atomic E-state index is 6.51. The minimum absolute atomic E-state index is 0.591. The predicted octanol–water partition coefficient (Wildman–Crippen LogP) is 12.5. The van der Waals surface area contributed by atoms with Gasteiger partial charge in [0.15, 0.2) is 17.5 Å². The second-order valence-corrected chi connectivity index (χ2v) is 14.1. The molecule has 0 saturated carbocycles. The van der Waals surface area contributed by atoms with Crippen molar-refractivity contribution in [1.29, 1.82) is 0 Å². The molecule has 3 heterocycles. The first-order chi connectivity index (χ1) is 25.7. The van der Waals surface area contributed by atoms with Crippen LogP contribution < -0.4 is 0 Å². The van der Waals surface area contributed by atoms with Gasteiger partial charge < -0.3 is 4.42 Å². The van der Waals surface area contributed by atoms with Gasteiger partial charge in [-0.1, -0.05) is 127 Å². The highest BCUT2D eigenvalue weighted by Gasteiger charge is 2.20. The molecule has 0 radical (unpaired) electrons. The Kier molecular flexibility index (Phi) is 6.35. The zero-order valence-electron chi connectivity index (χ0n) is 27.6. The van der Waals surface area contributed by atoms with Crippen LogP contribution in [0.1, 0.15) is 0 Å². The monoisotopic (exact) mass is 682 g/mol. The molecule has 0 spiro atoms. The van der Waals surface area contributed by atoms with Crippen molar-refractivity contribution in [2.75, 3.05) is 0 Å². The van der Waals surface area contributed by atoms with E-state index < -0.39 is 0 Å². The number of aromatic nitrogens is 4. The Labute approximate surface area is 301 Å². The van der Waals surface area contributed by atoms with E-state index in [4.69, 9.17) is 24.4 Å². The van der Waals surface area contributed by atoms with Gasteiger partial charge in [0.25, 0.3) is 0 Å². The van der Waals surface area contributed by atoms with Crippen molar-refractivity contribution in [3.8, 4) is 44.7 Å². The molecule has 8 aromatic carbocycles. The van der Waals surface area contributed by atoms with Crippen LogP contribution in [-0.2, 0) is 0 Å². The molecule has 5 nitrogen and oxygen atoms in total. The van der Waals surface area contributed by atoms with E-state index in [9.17, 15) is 0 Å². The van der Waals surface area contributed by atoms with Crippen LogP contribution in [0.5, 0.6) is 0 Å². The fraction of sp³-hybridized carbons (Fsp3) is 0. The van der Waals surface area contributed by atoms with Gasteiger partial charge in [-0.25, -0.2) is 19.9 Å². The highest BCUT2D eigenvalue weighted by atomic mass is 32.1. The van der Waals surface area contributed by atoms with Crippen LogP contribution in [0.25, 0.3) is 109 Å². The molecule has 0 aliphatic heterocycles. The van der Waals surface area contributed by atoms with Gasteiger partial charge in [0, 0.05) is 39.1 Å². The first kappa shape index (κ1) is 29.0. The van der Waals surface area contributed by atoms with Gasteiger partial charge in [0.1, 0.15) is 16.2 Å². The molecule has 0 amide bonds. The lowest BCUT2D eigenvalue weighted by Gasteiger charge is -2.13. The summed E-state index contributed by atoms with van der Waals surface area (Å²) in [4.78, 5) is 20.7. The lowest BCUT2D eigenvalue weighted by Crippen LogP contribution is -2.01. The van der Waals surface area contributed by atoms with E-state index >= 15 is 0 Å². The molecule has 0 N–H and O–H groups in total. The summed E-state index contributed by atoms with van der Waals surface area (Å²) in [5, 5.41) is 9.85. The van der Waals surface area contributed by atoms with E-state index in [-0.39, 0.29) is 0 Å². The SMILES string of the molecule is c1ccc(-c2nc3cc4oc5cccc(-c6nc(-c7ccc8ccccc8c7)nc(-c7cc8ccccc8c8ccccc78)n6)c5c4cc3s2)cc1. The van der Waals surface area contributed by atoms with Crippen LogP contribution >= 0.6 is 11.3 Å². The maximum Gasteiger partial charge on any atom is 0.164 e. The fourth-order valence-corrected chi connectivity index (χ4v) is 8.44. The molecule has 0 unspecified atom stereocenters. The van der Waals surface area contributed by atoms with Gasteiger partial charge in [-0.2, -0.15) is 0 Å². The van der Waals surface area contributed by atoms with Crippen LogP contribution in [0.4, 0.5) is 0 Å². The Hall–Kier alpha value is -6.76. The number of benzene rings is 8. The van der Waals surface area contributed by atoms with Crippen molar-refractivity contribution in [3.05, 3.63) is 158 Å². The highest BCUT2D eigenvalue weighted by molar-refractivity contribution is 7.21. The standard InChI is InChI=1S/C46H26N4OS/c1-2-12-28(13-3-1)46-47-38-26-40-37(25-41(38)52-46)42-35(19-10-20-39(42)51-40)44-48-43(31-22-21-27-11-4-5-14-29(27)23-31)49-45(50-44)36-24-30-15-6-7-16-32(30)33-17-8-9-18-34(33)36/h1-26H. The summed E-state index contributed by atoms with van der Waals surface area (Å²) in [6.07, 6.45) is 0. The second-order valence-electron chi connectivity index (χ2n) is 13.0. The van der Waals surface area contributed by atoms with E-state index in [1.807, 2.05) is 30.3 Å². The van der Waals surface area contributed by atoms with Crippen molar-refractivity contribution in [1.82, 2.24) is 19.9 Å². The number of thiazole rings is 1. The zero-order valence-corrected chi connectivity index (χ0v) is 28.4. The van der Waals surface area contributed by atoms with E-state index in [0.717, 1.165) is 81.0 Å². The van der Waals surface area contributed by atoms with Crippen molar-refractivity contribution in [2.45, 2.75) is 0 Å². The van der Waals surface area contributed by atoms with Gasteiger partial charge in [0.2, 0.25) is 0 Å². The van der Waals surface area contributed by atoms with Crippen molar-refractivity contribution in [2.24, 2.45) is 0 Å². The number of hydrogen-bond donors (Lipinski definition) is 0. The first-order valence-corrected chi connectivity index (χ1v) is 18.0. The van der Waals surface area contributed by atoms with E-state index in [2.05, 4.69) is 127 Å². The third kappa shape index (κ3) is 4.62. The van der Waals surface area contributed by atoms with Crippen LogP contribution in [0, 0.1) is 0 Å². The topological polar surface area (TPSA) is 64.7 Å². The molecule has 6 heteroatoms. The quantitative estimate of drug-likeness (QED) is 0.173. The van der Waals surface area contributed by atoms with Crippen LogP contribution in [0.3, 0.4) is 0 Å². The summed E-state index contributed by atoms with van der Waals surface area (Å²) in [5.41, 5.74) is 6.36. The molecule has 11 rings (SSSR count). The van der Waals surface area contributed by atoms with Gasteiger partial charge in [-0.05, 0) is 56.6 Å². The molecule has 0 saturated heterocycles. The van der Waals surface area contributed by atoms with Crippen molar-refractivity contribution >= 4 is 75.8 Å². The number of rotatable bonds is 4. The third-order valence-corrected chi connectivity index (χ3v) is 11.0. The average Bonchev–Trinajstić information content (AvgIpc) is 3.80. The van der Waals surface area contributed by atoms with Crippen molar-refractivity contribution < 1.29 is 4.42 Å². The molecule has 11 aromatic rings. The zero-order chi connectivity index (χ0) is 34.2. The number of furan rings is 1. The number of nitrogens with zero attached hydrogens (tertiary/aromatic N) is 4. The number of hydrogen-bond acceptors (Lipinski definition) is 6. The molecule has 0 fully saturated rings. The Morgan fingerprint density at radius 3 is 1.98 bits per heavy atom. The van der Waals surface area contributed by atoms with E-state index in [1.165, 1.54) is 10.8 Å². The van der Waals surface area contributed by atoms with Crippen LogP contribution in [-0.4, -0.2) is 19.9 Å². The molecule has 0 aliphatic rings.